The molecule has 2 fully saturated rings. The number of hydrogen-bond acceptors (Lipinski definition) is 3. The minimum absolute atomic E-state index is 0. The average Bonchev–Trinajstić information content (AvgIpc) is 2.58. The summed E-state index contributed by atoms with van der Waals surface area (Å²) in [5.41, 5.74) is 0. The van der Waals surface area contributed by atoms with Gasteiger partial charge in [-0.25, -0.2) is 0 Å². The number of likely N-dealkylation sites (tertiary alicyclic amines) is 2. The highest BCUT2D eigenvalue weighted by atomic mass is 127. The summed E-state index contributed by atoms with van der Waals surface area (Å²) < 4.78 is 0. The molecule has 2 aliphatic heterocycles. The summed E-state index contributed by atoms with van der Waals surface area (Å²) in [6.07, 6.45) is 5.10. The Kier molecular flexibility index (Phi) is 11.4. The van der Waals surface area contributed by atoms with Crippen LogP contribution in [0.3, 0.4) is 0 Å². The van der Waals surface area contributed by atoms with Crippen molar-refractivity contribution in [3.8, 4) is 0 Å². The maximum atomic E-state index is 4.46. The molecule has 0 spiro atoms. The van der Waals surface area contributed by atoms with Crippen molar-refractivity contribution in [2.24, 2.45) is 16.8 Å². The van der Waals surface area contributed by atoms with Gasteiger partial charge in [0.25, 0.3) is 0 Å². The first-order valence-electron chi connectivity index (χ1n) is 10.4. The van der Waals surface area contributed by atoms with Crippen LogP contribution in [-0.4, -0.2) is 74.2 Å². The van der Waals surface area contributed by atoms with Crippen LogP contribution in [0.1, 0.15) is 53.4 Å². The highest BCUT2D eigenvalue weighted by Gasteiger charge is 2.23. The van der Waals surface area contributed by atoms with Crippen LogP contribution < -0.4 is 10.6 Å². The maximum Gasteiger partial charge on any atom is 0.191 e. The fourth-order valence-corrected chi connectivity index (χ4v) is 4.19. The highest BCUT2D eigenvalue weighted by molar-refractivity contribution is 14.0. The van der Waals surface area contributed by atoms with Gasteiger partial charge in [-0.3, -0.25) is 4.99 Å². The molecule has 1 unspecified atom stereocenters. The standard InChI is InChI=1S/C20H41N5.HI/c1-16(2)14-24-10-6-7-18(15-24)13-22-20(21-5)23-19-8-11-25(12-9-19)17(3)4;/h16-19H,6-15H2,1-5H3,(H2,21,22,23);1H. The summed E-state index contributed by atoms with van der Waals surface area (Å²) in [6.45, 7) is 16.4. The van der Waals surface area contributed by atoms with E-state index in [9.17, 15) is 0 Å². The molecule has 2 saturated heterocycles. The SMILES string of the molecule is CN=C(NCC1CCCN(CC(C)C)C1)NC1CCN(C(C)C)CC1.I. The number of nitrogens with one attached hydrogen (secondary N) is 2. The number of piperidine rings is 2. The molecular weight excluding hydrogens is 437 g/mol. The van der Waals surface area contributed by atoms with Crippen molar-refractivity contribution in [2.45, 2.75) is 65.5 Å². The van der Waals surface area contributed by atoms with Crippen molar-refractivity contribution in [3.05, 3.63) is 0 Å². The lowest BCUT2D eigenvalue weighted by atomic mass is 9.97. The monoisotopic (exact) mass is 479 g/mol. The van der Waals surface area contributed by atoms with Crippen LogP contribution in [0.4, 0.5) is 0 Å². The minimum atomic E-state index is 0. The van der Waals surface area contributed by atoms with Crippen LogP contribution in [0.25, 0.3) is 0 Å². The second-order valence-corrected chi connectivity index (χ2v) is 8.66. The number of aliphatic imine (C=N–C) groups is 1. The van der Waals surface area contributed by atoms with Gasteiger partial charge in [0, 0.05) is 51.9 Å². The van der Waals surface area contributed by atoms with Gasteiger partial charge in [0.15, 0.2) is 5.96 Å². The molecule has 0 aromatic heterocycles. The molecule has 1 atom stereocenters. The van der Waals surface area contributed by atoms with E-state index in [1.165, 1.54) is 58.4 Å². The molecule has 0 saturated carbocycles. The van der Waals surface area contributed by atoms with E-state index >= 15 is 0 Å². The summed E-state index contributed by atoms with van der Waals surface area (Å²) in [5.74, 6) is 2.50. The molecule has 0 amide bonds. The van der Waals surface area contributed by atoms with E-state index < -0.39 is 0 Å². The number of nitrogens with zero attached hydrogens (tertiary/aromatic N) is 3. The molecular formula is C20H42IN5. The molecule has 0 aromatic carbocycles. The van der Waals surface area contributed by atoms with E-state index in [0.29, 0.717) is 12.1 Å². The first kappa shape index (κ1) is 24.0. The quantitative estimate of drug-likeness (QED) is 0.349. The first-order valence-corrected chi connectivity index (χ1v) is 10.4. The van der Waals surface area contributed by atoms with Crippen molar-refractivity contribution < 1.29 is 0 Å². The topological polar surface area (TPSA) is 42.9 Å². The van der Waals surface area contributed by atoms with Gasteiger partial charge in [0.05, 0.1) is 0 Å². The molecule has 2 aliphatic rings. The van der Waals surface area contributed by atoms with Crippen LogP contribution >= 0.6 is 24.0 Å². The number of guanidine groups is 1. The zero-order chi connectivity index (χ0) is 18.2. The zero-order valence-electron chi connectivity index (χ0n) is 17.6. The van der Waals surface area contributed by atoms with E-state index in [2.05, 4.69) is 53.1 Å². The first-order chi connectivity index (χ1) is 12.0. The van der Waals surface area contributed by atoms with Crippen molar-refractivity contribution in [1.82, 2.24) is 20.4 Å². The van der Waals surface area contributed by atoms with Gasteiger partial charge in [0.1, 0.15) is 0 Å². The van der Waals surface area contributed by atoms with Crippen molar-refractivity contribution >= 4 is 29.9 Å². The fraction of sp³-hybridized carbons (Fsp3) is 0.950. The predicted octanol–water partition coefficient (Wildman–Crippen LogP) is 3.01. The summed E-state index contributed by atoms with van der Waals surface area (Å²) in [7, 11) is 1.89. The Hall–Kier alpha value is -0.0800. The highest BCUT2D eigenvalue weighted by Crippen LogP contribution is 2.17. The second kappa shape index (κ2) is 12.4. The van der Waals surface area contributed by atoms with Crippen LogP contribution in [0.2, 0.25) is 0 Å². The molecule has 154 valence electrons. The molecule has 26 heavy (non-hydrogen) atoms. The Bertz CT molecular complexity index is 405. The van der Waals surface area contributed by atoms with Crippen molar-refractivity contribution in [3.63, 3.8) is 0 Å². The maximum absolute atomic E-state index is 4.46. The third-order valence-electron chi connectivity index (χ3n) is 5.61. The van der Waals surface area contributed by atoms with E-state index in [1.54, 1.807) is 0 Å². The van der Waals surface area contributed by atoms with Gasteiger partial charge in [-0.1, -0.05) is 13.8 Å². The Morgan fingerprint density at radius 2 is 1.77 bits per heavy atom. The molecule has 2 rings (SSSR count). The average molecular weight is 479 g/mol. The molecule has 2 N–H and O–H groups in total. The number of rotatable bonds is 6. The lowest BCUT2D eigenvalue weighted by molar-refractivity contribution is 0.158. The smallest absolute Gasteiger partial charge is 0.191 e. The number of hydrogen-bond donors (Lipinski definition) is 2. The minimum Gasteiger partial charge on any atom is -0.356 e. The molecule has 0 aliphatic carbocycles. The van der Waals surface area contributed by atoms with Crippen LogP contribution in [-0.2, 0) is 0 Å². The molecule has 0 aromatic rings. The summed E-state index contributed by atoms with van der Waals surface area (Å²) in [5, 5.41) is 7.24. The van der Waals surface area contributed by atoms with Gasteiger partial charge in [-0.2, -0.15) is 0 Å². The largest absolute Gasteiger partial charge is 0.356 e. The van der Waals surface area contributed by atoms with Crippen LogP contribution in [0.15, 0.2) is 4.99 Å². The van der Waals surface area contributed by atoms with Gasteiger partial charge in [-0.05, 0) is 57.9 Å². The van der Waals surface area contributed by atoms with E-state index in [4.69, 9.17) is 0 Å². The summed E-state index contributed by atoms with van der Waals surface area (Å²) in [6, 6.07) is 1.23. The lowest BCUT2D eigenvalue weighted by Crippen LogP contribution is -2.51. The molecule has 5 nitrogen and oxygen atoms in total. The second-order valence-electron chi connectivity index (χ2n) is 8.66. The fourth-order valence-electron chi connectivity index (χ4n) is 4.19. The van der Waals surface area contributed by atoms with E-state index in [1.807, 2.05) is 7.05 Å². The van der Waals surface area contributed by atoms with Crippen LogP contribution in [0.5, 0.6) is 0 Å². The number of halogens is 1. The molecule has 2 heterocycles. The molecule has 6 heteroatoms. The van der Waals surface area contributed by atoms with Gasteiger partial charge >= 0.3 is 0 Å². The summed E-state index contributed by atoms with van der Waals surface area (Å²) >= 11 is 0. The molecule has 0 radical (unpaired) electrons. The van der Waals surface area contributed by atoms with Gasteiger partial charge in [-0.15, -0.1) is 24.0 Å². The Morgan fingerprint density at radius 1 is 1.08 bits per heavy atom. The predicted molar refractivity (Wildman–Crippen MR) is 124 cm³/mol. The molecule has 0 bridgehead atoms. The van der Waals surface area contributed by atoms with Crippen LogP contribution in [0, 0.1) is 11.8 Å². The van der Waals surface area contributed by atoms with Gasteiger partial charge in [0.2, 0.25) is 0 Å². The Labute approximate surface area is 178 Å². The Morgan fingerprint density at radius 3 is 2.35 bits per heavy atom. The van der Waals surface area contributed by atoms with E-state index in [0.717, 1.165) is 24.3 Å². The third-order valence-corrected chi connectivity index (χ3v) is 5.61. The lowest BCUT2D eigenvalue weighted by Gasteiger charge is -2.36. The van der Waals surface area contributed by atoms with Crippen molar-refractivity contribution in [1.29, 1.82) is 0 Å². The third kappa shape index (κ3) is 8.30. The van der Waals surface area contributed by atoms with E-state index in [-0.39, 0.29) is 24.0 Å². The Balaban J connectivity index is 0.00000338. The van der Waals surface area contributed by atoms with Crippen molar-refractivity contribution in [2.75, 3.05) is 46.3 Å². The normalized spacial score (nSPS) is 24.0. The van der Waals surface area contributed by atoms with Gasteiger partial charge < -0.3 is 20.4 Å². The zero-order valence-corrected chi connectivity index (χ0v) is 20.0. The summed E-state index contributed by atoms with van der Waals surface area (Å²) in [4.78, 5) is 9.66.